The van der Waals surface area contributed by atoms with Crippen LogP contribution in [-0.4, -0.2) is 26.8 Å². The zero-order chi connectivity index (χ0) is 17.2. The number of nitrogens with zero attached hydrogens (tertiary/aromatic N) is 1. The Bertz CT molecular complexity index is 829. The van der Waals surface area contributed by atoms with E-state index in [0.717, 1.165) is 18.4 Å². The molecule has 0 saturated carbocycles. The van der Waals surface area contributed by atoms with Crippen molar-refractivity contribution in [3.05, 3.63) is 59.2 Å². The number of hydrogen-bond donors (Lipinski definition) is 1. The summed E-state index contributed by atoms with van der Waals surface area (Å²) in [5.74, 6) is 0. The Morgan fingerprint density at radius 3 is 2.58 bits per heavy atom. The topological polar surface area (TPSA) is 49.4 Å². The lowest BCUT2D eigenvalue weighted by atomic mass is 9.90. The fourth-order valence-electron chi connectivity index (χ4n) is 3.17. The molecule has 1 aliphatic carbocycles. The van der Waals surface area contributed by atoms with Gasteiger partial charge in [-0.05, 0) is 60.6 Å². The van der Waals surface area contributed by atoms with Gasteiger partial charge in [-0.25, -0.2) is 12.7 Å². The van der Waals surface area contributed by atoms with Gasteiger partial charge >= 0.3 is 0 Å². The van der Waals surface area contributed by atoms with Crippen molar-refractivity contribution in [1.29, 1.82) is 0 Å². The van der Waals surface area contributed by atoms with Gasteiger partial charge in [-0.2, -0.15) is 0 Å². The highest BCUT2D eigenvalue weighted by atomic mass is 32.2. The van der Waals surface area contributed by atoms with Crippen LogP contribution in [0.25, 0.3) is 0 Å². The van der Waals surface area contributed by atoms with Gasteiger partial charge in [-0.1, -0.05) is 24.3 Å². The summed E-state index contributed by atoms with van der Waals surface area (Å²) in [4.78, 5) is 0.335. The molecule has 24 heavy (non-hydrogen) atoms. The molecule has 5 heteroatoms. The Morgan fingerprint density at radius 2 is 1.79 bits per heavy atom. The Hall–Kier alpha value is -1.85. The second-order valence-corrected chi connectivity index (χ2v) is 8.59. The van der Waals surface area contributed by atoms with Crippen LogP contribution in [0.3, 0.4) is 0 Å². The van der Waals surface area contributed by atoms with Crippen molar-refractivity contribution >= 4 is 15.7 Å². The van der Waals surface area contributed by atoms with E-state index in [-0.39, 0.29) is 0 Å². The maximum Gasteiger partial charge on any atom is 0.242 e. The highest BCUT2D eigenvalue weighted by Gasteiger charge is 2.17. The van der Waals surface area contributed by atoms with E-state index >= 15 is 0 Å². The number of hydrogen-bond acceptors (Lipinski definition) is 3. The third kappa shape index (κ3) is 3.47. The normalized spacial score (nSPS) is 14.5. The molecule has 0 spiro atoms. The van der Waals surface area contributed by atoms with Crippen LogP contribution in [0.2, 0.25) is 0 Å². The number of anilines is 1. The monoisotopic (exact) mass is 344 g/mol. The van der Waals surface area contributed by atoms with E-state index in [1.807, 2.05) is 6.07 Å². The van der Waals surface area contributed by atoms with Gasteiger partial charge < -0.3 is 5.32 Å². The number of nitrogens with one attached hydrogen (secondary N) is 1. The van der Waals surface area contributed by atoms with Crippen LogP contribution in [0.1, 0.15) is 29.5 Å². The number of sulfonamides is 1. The standard InChI is InChI=1S/C19H24N2O2S/c1-21(2)24(22,23)17-10-5-7-15(13-17)14-20-19-12-6-9-16-8-3-4-11-18(16)19/h5-7,9-10,12-13,20H,3-4,8,11,14H2,1-2H3. The lowest BCUT2D eigenvalue weighted by Crippen LogP contribution is -2.22. The summed E-state index contributed by atoms with van der Waals surface area (Å²) in [6.07, 6.45) is 4.78. The minimum atomic E-state index is -3.39. The number of fused-ring (bicyclic) bond motifs is 1. The van der Waals surface area contributed by atoms with Crippen molar-refractivity contribution in [2.75, 3.05) is 19.4 Å². The van der Waals surface area contributed by atoms with Crippen LogP contribution in [0.15, 0.2) is 47.4 Å². The van der Waals surface area contributed by atoms with Gasteiger partial charge in [0.25, 0.3) is 0 Å². The summed E-state index contributed by atoms with van der Waals surface area (Å²) in [6.45, 7) is 0.618. The summed E-state index contributed by atoms with van der Waals surface area (Å²) in [7, 11) is -0.287. The Labute approximate surface area is 144 Å². The number of rotatable bonds is 5. The van der Waals surface area contributed by atoms with Crippen molar-refractivity contribution in [3.63, 3.8) is 0 Å². The molecule has 0 unspecified atom stereocenters. The molecule has 0 fully saturated rings. The van der Waals surface area contributed by atoms with E-state index in [2.05, 4.69) is 23.5 Å². The smallest absolute Gasteiger partial charge is 0.242 e. The highest BCUT2D eigenvalue weighted by molar-refractivity contribution is 7.89. The molecular formula is C19H24N2O2S. The van der Waals surface area contributed by atoms with Crippen molar-refractivity contribution < 1.29 is 8.42 Å². The summed E-state index contributed by atoms with van der Waals surface area (Å²) >= 11 is 0. The zero-order valence-corrected chi connectivity index (χ0v) is 15.1. The largest absolute Gasteiger partial charge is 0.381 e. The third-order valence-corrected chi connectivity index (χ3v) is 6.37. The highest BCUT2D eigenvalue weighted by Crippen LogP contribution is 2.28. The summed E-state index contributed by atoms with van der Waals surface area (Å²) < 4.78 is 25.8. The SMILES string of the molecule is CN(C)S(=O)(=O)c1cccc(CNc2cccc3c2CCCC3)c1. The molecule has 0 aromatic heterocycles. The van der Waals surface area contributed by atoms with Gasteiger partial charge in [0, 0.05) is 26.3 Å². The number of aryl methyl sites for hydroxylation is 1. The van der Waals surface area contributed by atoms with Gasteiger partial charge in [0.2, 0.25) is 10.0 Å². The lowest BCUT2D eigenvalue weighted by Gasteiger charge is -2.20. The molecule has 0 atom stereocenters. The van der Waals surface area contributed by atoms with Gasteiger partial charge in [0.05, 0.1) is 4.90 Å². The number of benzene rings is 2. The molecule has 2 aromatic carbocycles. The summed E-state index contributed by atoms with van der Waals surface area (Å²) in [6, 6.07) is 13.6. The van der Waals surface area contributed by atoms with E-state index < -0.39 is 10.0 Å². The molecule has 0 saturated heterocycles. The van der Waals surface area contributed by atoms with Gasteiger partial charge in [0.15, 0.2) is 0 Å². The van der Waals surface area contributed by atoms with Gasteiger partial charge in [-0.3, -0.25) is 0 Å². The van der Waals surface area contributed by atoms with Crippen molar-refractivity contribution in [3.8, 4) is 0 Å². The first-order chi connectivity index (χ1) is 11.5. The Morgan fingerprint density at radius 1 is 1.04 bits per heavy atom. The fourth-order valence-corrected chi connectivity index (χ4v) is 4.14. The average Bonchev–Trinajstić information content (AvgIpc) is 2.60. The zero-order valence-electron chi connectivity index (χ0n) is 14.2. The molecule has 0 heterocycles. The van der Waals surface area contributed by atoms with Crippen LogP contribution in [-0.2, 0) is 29.4 Å². The first kappa shape index (κ1) is 17.0. The van der Waals surface area contributed by atoms with Gasteiger partial charge in [-0.15, -0.1) is 0 Å². The second kappa shape index (κ2) is 6.95. The van der Waals surface area contributed by atoms with Crippen molar-refractivity contribution in [1.82, 2.24) is 4.31 Å². The fraction of sp³-hybridized carbons (Fsp3) is 0.368. The molecule has 0 amide bonds. The van der Waals surface area contributed by atoms with E-state index in [1.54, 1.807) is 32.3 Å². The van der Waals surface area contributed by atoms with Crippen LogP contribution >= 0.6 is 0 Å². The molecule has 0 bridgehead atoms. The first-order valence-electron chi connectivity index (χ1n) is 8.34. The molecule has 3 rings (SSSR count). The second-order valence-electron chi connectivity index (χ2n) is 6.44. The van der Waals surface area contributed by atoms with Crippen LogP contribution in [0.5, 0.6) is 0 Å². The predicted octanol–water partition coefficient (Wildman–Crippen LogP) is 3.43. The Balaban J connectivity index is 1.79. The molecule has 1 aliphatic rings. The molecule has 0 aliphatic heterocycles. The third-order valence-electron chi connectivity index (χ3n) is 4.56. The molecule has 1 N–H and O–H groups in total. The lowest BCUT2D eigenvalue weighted by molar-refractivity contribution is 0.520. The predicted molar refractivity (Wildman–Crippen MR) is 97.7 cm³/mol. The van der Waals surface area contributed by atoms with Gasteiger partial charge in [0.1, 0.15) is 0 Å². The summed E-state index contributed by atoms with van der Waals surface area (Å²) in [5, 5.41) is 3.49. The minimum absolute atomic E-state index is 0.335. The van der Waals surface area contributed by atoms with Crippen LogP contribution in [0, 0.1) is 0 Å². The molecule has 4 nitrogen and oxygen atoms in total. The van der Waals surface area contributed by atoms with Crippen molar-refractivity contribution in [2.45, 2.75) is 37.1 Å². The van der Waals surface area contributed by atoms with Crippen LogP contribution in [0.4, 0.5) is 5.69 Å². The average molecular weight is 344 g/mol. The minimum Gasteiger partial charge on any atom is -0.381 e. The quantitative estimate of drug-likeness (QED) is 0.904. The Kier molecular flexibility index (Phi) is 4.92. The molecule has 2 aromatic rings. The molecular weight excluding hydrogens is 320 g/mol. The van der Waals surface area contributed by atoms with E-state index in [9.17, 15) is 8.42 Å². The van der Waals surface area contributed by atoms with E-state index in [0.29, 0.717) is 11.4 Å². The molecule has 128 valence electrons. The van der Waals surface area contributed by atoms with E-state index in [4.69, 9.17) is 0 Å². The van der Waals surface area contributed by atoms with Crippen LogP contribution < -0.4 is 5.32 Å². The van der Waals surface area contributed by atoms with Crippen molar-refractivity contribution in [2.24, 2.45) is 0 Å². The maximum absolute atomic E-state index is 12.3. The first-order valence-corrected chi connectivity index (χ1v) is 9.78. The summed E-state index contributed by atoms with van der Waals surface area (Å²) in [5.41, 5.74) is 5.00. The van der Waals surface area contributed by atoms with E-state index in [1.165, 1.54) is 34.0 Å². The molecule has 0 radical (unpaired) electrons. The maximum atomic E-state index is 12.3.